The molecule has 1 aromatic rings. The molecule has 1 aromatic carbocycles. The van der Waals surface area contributed by atoms with Crippen LogP contribution >= 0.6 is 0 Å². The van der Waals surface area contributed by atoms with Crippen LogP contribution in [-0.4, -0.2) is 22.3 Å². The van der Waals surface area contributed by atoms with E-state index in [-0.39, 0.29) is 5.41 Å². The third-order valence-electron chi connectivity index (χ3n) is 3.83. The summed E-state index contributed by atoms with van der Waals surface area (Å²) in [6, 6.07) is 10.2. The van der Waals surface area contributed by atoms with Crippen LogP contribution in [0.2, 0.25) is 0 Å². The largest absolute Gasteiger partial charge is 0.500 e. The van der Waals surface area contributed by atoms with Gasteiger partial charge >= 0.3 is 0 Å². The molecule has 1 fully saturated rings. The van der Waals surface area contributed by atoms with Crippen molar-refractivity contribution in [3.63, 3.8) is 0 Å². The molecule has 0 bridgehead atoms. The quantitative estimate of drug-likeness (QED) is 0.784. The first kappa shape index (κ1) is 15.3. The van der Waals surface area contributed by atoms with Crippen molar-refractivity contribution in [1.82, 2.24) is 0 Å². The van der Waals surface area contributed by atoms with Crippen molar-refractivity contribution in [3.8, 4) is 0 Å². The molecule has 0 radical (unpaired) electrons. The molecule has 1 aliphatic heterocycles. The van der Waals surface area contributed by atoms with Crippen LogP contribution in [0.5, 0.6) is 0 Å². The van der Waals surface area contributed by atoms with Gasteiger partial charge in [-0.15, -0.1) is 0 Å². The molecule has 110 valence electrons. The molecule has 0 aliphatic carbocycles. The van der Waals surface area contributed by atoms with Gasteiger partial charge in [-0.1, -0.05) is 43.7 Å². The molecule has 1 heterocycles. The summed E-state index contributed by atoms with van der Waals surface area (Å²) in [5, 5.41) is 0. The Labute approximate surface area is 124 Å². The number of ether oxygens (including phenoxy) is 1. The number of hydrogen-bond donors (Lipinski definition) is 0. The van der Waals surface area contributed by atoms with E-state index in [0.29, 0.717) is 6.61 Å². The van der Waals surface area contributed by atoms with E-state index in [1.165, 1.54) is 5.56 Å². The highest BCUT2D eigenvalue weighted by Crippen LogP contribution is 2.29. The fourth-order valence-corrected chi connectivity index (χ4v) is 4.27. The second-order valence-electron chi connectivity index (χ2n) is 6.03. The zero-order valence-corrected chi connectivity index (χ0v) is 13.2. The Morgan fingerprint density at radius 3 is 2.85 bits per heavy atom. The summed E-state index contributed by atoms with van der Waals surface area (Å²) in [7, 11) is -0.678. The fourth-order valence-electron chi connectivity index (χ4n) is 2.60. The van der Waals surface area contributed by atoms with Crippen LogP contribution in [0, 0.1) is 5.41 Å². The van der Waals surface area contributed by atoms with Gasteiger partial charge in [-0.3, -0.25) is 4.21 Å². The molecule has 0 amide bonds. The van der Waals surface area contributed by atoms with E-state index in [2.05, 4.69) is 26.0 Å². The van der Waals surface area contributed by atoms with Gasteiger partial charge in [0, 0.05) is 27.7 Å². The van der Waals surface area contributed by atoms with Gasteiger partial charge in [0.1, 0.15) is 0 Å². The Kier molecular flexibility index (Phi) is 5.41. The van der Waals surface area contributed by atoms with E-state index in [1.54, 1.807) is 0 Å². The first-order valence-electron chi connectivity index (χ1n) is 7.28. The lowest BCUT2D eigenvalue weighted by Crippen LogP contribution is -2.28. The van der Waals surface area contributed by atoms with Gasteiger partial charge in [0.2, 0.25) is 0 Å². The van der Waals surface area contributed by atoms with E-state index in [0.717, 1.165) is 36.3 Å². The van der Waals surface area contributed by atoms with Crippen LogP contribution in [0.25, 0.3) is 5.57 Å². The predicted octanol–water partition coefficient (Wildman–Crippen LogP) is 4.00. The summed E-state index contributed by atoms with van der Waals surface area (Å²) >= 11 is 0. The molecule has 0 saturated carbocycles. The molecule has 0 aromatic heterocycles. The highest BCUT2D eigenvalue weighted by molar-refractivity contribution is 7.85. The number of allylic oxidation sites excluding steroid dienone is 1. The van der Waals surface area contributed by atoms with Crippen LogP contribution in [0.4, 0.5) is 0 Å². The van der Waals surface area contributed by atoms with Gasteiger partial charge in [0.25, 0.3) is 0 Å². The second-order valence-corrected chi connectivity index (χ2v) is 7.61. The van der Waals surface area contributed by atoms with Crippen molar-refractivity contribution in [2.75, 3.05) is 18.1 Å². The summed E-state index contributed by atoms with van der Waals surface area (Å²) in [5.41, 5.74) is 2.36. The number of benzene rings is 1. The first-order chi connectivity index (χ1) is 9.59. The minimum atomic E-state index is -0.678. The smallest absolute Gasteiger partial charge is 0.0935 e. The molecule has 2 atom stereocenters. The lowest BCUT2D eigenvalue weighted by molar-refractivity contribution is 0.132. The van der Waals surface area contributed by atoms with Gasteiger partial charge in [0.15, 0.2) is 0 Å². The van der Waals surface area contributed by atoms with Gasteiger partial charge in [0.05, 0.1) is 12.9 Å². The molecular weight excluding hydrogens is 268 g/mol. The third-order valence-corrected chi connectivity index (χ3v) is 5.60. The van der Waals surface area contributed by atoms with Gasteiger partial charge in [-0.05, 0) is 30.9 Å². The van der Waals surface area contributed by atoms with Crippen LogP contribution < -0.4 is 0 Å². The lowest BCUT2D eigenvalue weighted by Gasteiger charge is -2.26. The summed E-state index contributed by atoms with van der Waals surface area (Å²) < 4.78 is 17.7. The fraction of sp³-hybridized carbons (Fsp3) is 0.529. The summed E-state index contributed by atoms with van der Waals surface area (Å²) in [6.07, 6.45) is 5.19. The molecular formula is C17H24O2S. The van der Waals surface area contributed by atoms with Crippen LogP contribution in [0.15, 0.2) is 36.6 Å². The maximum Gasteiger partial charge on any atom is 0.0935 e. The normalized spacial score (nSPS) is 27.9. The number of hydrogen-bond acceptors (Lipinski definition) is 2. The van der Waals surface area contributed by atoms with Gasteiger partial charge < -0.3 is 4.74 Å². The second kappa shape index (κ2) is 7.07. The van der Waals surface area contributed by atoms with Crippen molar-refractivity contribution in [3.05, 3.63) is 42.2 Å². The molecule has 20 heavy (non-hydrogen) atoms. The van der Waals surface area contributed by atoms with Crippen molar-refractivity contribution in [1.29, 1.82) is 0 Å². The Hall–Kier alpha value is -1.09. The minimum absolute atomic E-state index is 0.0504. The average molecular weight is 292 g/mol. The van der Waals surface area contributed by atoms with E-state index in [4.69, 9.17) is 4.74 Å². The molecule has 0 N–H and O–H groups in total. The van der Waals surface area contributed by atoms with Gasteiger partial charge in [-0.25, -0.2) is 0 Å². The average Bonchev–Trinajstić information content (AvgIpc) is 2.61. The molecule has 0 spiro atoms. The van der Waals surface area contributed by atoms with E-state index in [9.17, 15) is 4.21 Å². The Balaban J connectivity index is 1.92. The zero-order valence-electron chi connectivity index (χ0n) is 12.4. The molecule has 3 heteroatoms. The first-order valence-corrected chi connectivity index (χ1v) is 8.77. The Morgan fingerprint density at radius 2 is 2.10 bits per heavy atom. The van der Waals surface area contributed by atoms with Crippen molar-refractivity contribution < 1.29 is 8.95 Å². The highest BCUT2D eigenvalue weighted by atomic mass is 32.2. The Bertz CT molecular complexity index is 481. The molecule has 2 nitrogen and oxygen atoms in total. The van der Waals surface area contributed by atoms with Crippen LogP contribution in [0.1, 0.15) is 38.7 Å². The van der Waals surface area contributed by atoms with E-state index in [1.807, 2.05) is 24.5 Å². The summed E-state index contributed by atoms with van der Waals surface area (Å²) in [5.74, 6) is 1.62. The molecule has 2 unspecified atom stereocenters. The summed E-state index contributed by atoms with van der Waals surface area (Å²) in [6.45, 7) is 4.91. The topological polar surface area (TPSA) is 26.3 Å². The maximum atomic E-state index is 11.9. The van der Waals surface area contributed by atoms with Crippen molar-refractivity contribution in [2.24, 2.45) is 5.41 Å². The zero-order chi connectivity index (χ0) is 14.4. The van der Waals surface area contributed by atoms with E-state index >= 15 is 0 Å². The third kappa shape index (κ3) is 4.48. The van der Waals surface area contributed by atoms with E-state index < -0.39 is 10.8 Å². The molecule has 2 rings (SSSR count). The van der Waals surface area contributed by atoms with Crippen molar-refractivity contribution in [2.45, 2.75) is 33.1 Å². The maximum absolute atomic E-state index is 11.9. The van der Waals surface area contributed by atoms with Crippen molar-refractivity contribution >= 4 is 16.4 Å². The number of rotatable bonds is 4. The minimum Gasteiger partial charge on any atom is -0.500 e. The molecule has 1 saturated heterocycles. The van der Waals surface area contributed by atoms with Crippen LogP contribution in [-0.2, 0) is 15.5 Å². The standard InChI is InChI=1S/C17H24O2S/c1-15(16-8-4-3-5-9-16)12-19-13-17(2)10-6-7-11-20(18)14-17/h3-5,8-9,12H,6-7,10-11,13-14H2,1-2H3/b15-12-. The highest BCUT2D eigenvalue weighted by Gasteiger charge is 2.29. The summed E-state index contributed by atoms with van der Waals surface area (Å²) in [4.78, 5) is 0. The van der Waals surface area contributed by atoms with Crippen LogP contribution in [0.3, 0.4) is 0 Å². The predicted molar refractivity (Wildman–Crippen MR) is 85.9 cm³/mol. The van der Waals surface area contributed by atoms with Gasteiger partial charge in [-0.2, -0.15) is 0 Å². The Morgan fingerprint density at radius 1 is 1.35 bits per heavy atom. The SMILES string of the molecule is C/C(=C/OCC1(C)CCCCS(=O)C1)c1ccccc1. The lowest BCUT2D eigenvalue weighted by atomic mass is 9.88. The molecule has 1 aliphatic rings. The monoisotopic (exact) mass is 292 g/mol.